The van der Waals surface area contributed by atoms with Gasteiger partial charge in [0.05, 0.1) is 12.5 Å². The van der Waals surface area contributed by atoms with E-state index in [9.17, 15) is 38.7 Å². The molecule has 4 unspecified atom stereocenters. The highest BCUT2D eigenvalue weighted by molar-refractivity contribution is 5.95. The first-order valence-electron chi connectivity index (χ1n) is 11.1. The minimum Gasteiger partial charge on any atom is -0.481 e. The maximum absolute atomic E-state index is 12.8. The van der Waals surface area contributed by atoms with Crippen molar-refractivity contribution in [3.63, 3.8) is 0 Å². The Labute approximate surface area is 206 Å². The number of aliphatic carboxylic acids is 3. The fourth-order valence-electron chi connectivity index (χ4n) is 2.96. The van der Waals surface area contributed by atoms with Gasteiger partial charge in [0.15, 0.2) is 0 Å². The molecule has 0 radical (unpaired) electrons. The Bertz CT molecular complexity index is 821. The van der Waals surface area contributed by atoms with E-state index in [1.165, 1.54) is 0 Å². The third-order valence-corrected chi connectivity index (χ3v) is 4.88. The minimum absolute atomic E-state index is 0.0346. The summed E-state index contributed by atoms with van der Waals surface area (Å²) >= 11 is 0. The zero-order chi connectivity index (χ0) is 27.8. The first kappa shape index (κ1) is 32.2. The van der Waals surface area contributed by atoms with E-state index in [0.29, 0.717) is 19.4 Å². The Balaban J connectivity index is 5.61. The number of nitrogens with two attached hydrogens (primary N) is 3. The predicted molar refractivity (Wildman–Crippen MR) is 122 cm³/mol. The van der Waals surface area contributed by atoms with Gasteiger partial charge in [-0.25, -0.2) is 4.79 Å². The first-order chi connectivity index (χ1) is 16.8. The lowest BCUT2D eigenvalue weighted by Gasteiger charge is -2.25. The molecule has 0 aliphatic heterocycles. The van der Waals surface area contributed by atoms with Gasteiger partial charge in [0.1, 0.15) is 18.1 Å². The van der Waals surface area contributed by atoms with Crippen LogP contribution in [0.5, 0.6) is 0 Å². The molecule has 0 saturated carbocycles. The van der Waals surface area contributed by atoms with Gasteiger partial charge in [0.2, 0.25) is 23.6 Å². The molecule has 4 atom stereocenters. The minimum atomic E-state index is -1.52. The highest BCUT2D eigenvalue weighted by atomic mass is 16.4. The van der Waals surface area contributed by atoms with Gasteiger partial charge in [0.25, 0.3) is 0 Å². The second kappa shape index (κ2) is 16.8. The standard InChI is InChI=1S/C20H34N6O10/c21-8-2-1-3-13(20(35)36)26-19(34)12(5-7-16(30)31)25-18(33)11(4-6-15(28)29)24-17(32)10(22)9-14(23)27/h10-13H,1-9,21-22H2,(H2,23,27)(H,24,32)(H,25,33)(H,26,34)(H,28,29)(H,30,31)(H,35,36). The van der Waals surface area contributed by atoms with Crippen LogP contribution in [0.2, 0.25) is 0 Å². The van der Waals surface area contributed by atoms with Crippen molar-refractivity contribution in [3.05, 3.63) is 0 Å². The average Bonchev–Trinajstić information content (AvgIpc) is 2.77. The molecule has 12 N–H and O–H groups in total. The van der Waals surface area contributed by atoms with Gasteiger partial charge in [0, 0.05) is 12.8 Å². The molecule has 16 nitrogen and oxygen atoms in total. The van der Waals surface area contributed by atoms with Crippen molar-refractivity contribution in [1.29, 1.82) is 0 Å². The summed E-state index contributed by atoms with van der Waals surface area (Å²) in [4.78, 5) is 82.2. The van der Waals surface area contributed by atoms with Gasteiger partial charge in [-0.1, -0.05) is 0 Å². The first-order valence-corrected chi connectivity index (χ1v) is 11.1. The molecule has 0 rings (SSSR count). The molecule has 36 heavy (non-hydrogen) atoms. The van der Waals surface area contributed by atoms with Crippen LogP contribution in [0.25, 0.3) is 0 Å². The largest absolute Gasteiger partial charge is 0.481 e. The third kappa shape index (κ3) is 13.8. The summed E-state index contributed by atoms with van der Waals surface area (Å²) in [5, 5.41) is 33.9. The SMILES string of the molecule is NCCCCC(NC(=O)C(CCC(=O)O)NC(=O)C(CCC(=O)O)NC(=O)C(N)CC(N)=O)C(=O)O. The lowest BCUT2D eigenvalue weighted by Crippen LogP contribution is -2.57. The van der Waals surface area contributed by atoms with E-state index in [2.05, 4.69) is 16.0 Å². The second-order valence-electron chi connectivity index (χ2n) is 7.95. The number of primary amides is 1. The van der Waals surface area contributed by atoms with E-state index in [0.717, 1.165) is 0 Å². The van der Waals surface area contributed by atoms with Crippen molar-refractivity contribution in [2.24, 2.45) is 17.2 Å². The second-order valence-corrected chi connectivity index (χ2v) is 7.95. The van der Waals surface area contributed by atoms with E-state index in [1.807, 2.05) is 0 Å². The number of carbonyl (C=O) groups is 7. The monoisotopic (exact) mass is 518 g/mol. The topological polar surface area (TPSA) is 294 Å². The number of hydrogen-bond donors (Lipinski definition) is 9. The summed E-state index contributed by atoms with van der Waals surface area (Å²) in [6.45, 7) is 0.310. The molecule has 16 heteroatoms. The van der Waals surface area contributed by atoms with Crippen molar-refractivity contribution in [2.45, 2.75) is 75.5 Å². The molecule has 0 aliphatic carbocycles. The smallest absolute Gasteiger partial charge is 0.326 e. The molecule has 0 aromatic carbocycles. The zero-order valence-electron chi connectivity index (χ0n) is 19.6. The number of carbonyl (C=O) groups excluding carboxylic acids is 4. The van der Waals surface area contributed by atoms with Crippen LogP contribution in [-0.2, 0) is 33.6 Å². The Morgan fingerprint density at radius 3 is 1.50 bits per heavy atom. The molecule has 0 heterocycles. The quantitative estimate of drug-likeness (QED) is 0.0755. The molecular formula is C20H34N6O10. The number of rotatable bonds is 19. The normalized spacial score (nSPS) is 13.9. The molecule has 0 aliphatic rings. The fourth-order valence-corrected chi connectivity index (χ4v) is 2.96. The lowest BCUT2D eigenvalue weighted by atomic mass is 10.0. The summed E-state index contributed by atoms with van der Waals surface area (Å²) in [6.07, 6.45) is -1.63. The van der Waals surface area contributed by atoms with E-state index in [1.54, 1.807) is 0 Å². The molecule has 0 aromatic heterocycles. The number of amides is 4. The average molecular weight is 519 g/mol. The summed E-state index contributed by atoms with van der Waals surface area (Å²) in [6, 6.07) is -5.80. The maximum atomic E-state index is 12.8. The van der Waals surface area contributed by atoms with Crippen LogP contribution in [-0.4, -0.2) is 87.6 Å². The van der Waals surface area contributed by atoms with Crippen LogP contribution in [0.1, 0.15) is 51.4 Å². The van der Waals surface area contributed by atoms with Crippen LogP contribution in [0.15, 0.2) is 0 Å². The Hall–Kier alpha value is -3.79. The highest BCUT2D eigenvalue weighted by Crippen LogP contribution is 2.06. The molecule has 204 valence electrons. The van der Waals surface area contributed by atoms with Crippen LogP contribution in [0.4, 0.5) is 0 Å². The molecule has 0 spiro atoms. The van der Waals surface area contributed by atoms with Gasteiger partial charge >= 0.3 is 17.9 Å². The van der Waals surface area contributed by atoms with Gasteiger partial charge in [-0.05, 0) is 38.6 Å². The van der Waals surface area contributed by atoms with Crippen molar-refractivity contribution in [2.75, 3.05) is 6.54 Å². The van der Waals surface area contributed by atoms with Crippen molar-refractivity contribution < 1.29 is 48.9 Å². The van der Waals surface area contributed by atoms with Crippen LogP contribution < -0.4 is 33.2 Å². The van der Waals surface area contributed by atoms with E-state index in [-0.39, 0.29) is 6.42 Å². The van der Waals surface area contributed by atoms with E-state index < -0.39 is 97.8 Å². The van der Waals surface area contributed by atoms with Gasteiger partial charge in [-0.15, -0.1) is 0 Å². The van der Waals surface area contributed by atoms with Gasteiger partial charge < -0.3 is 48.5 Å². The maximum Gasteiger partial charge on any atom is 0.326 e. The molecule has 4 amide bonds. The van der Waals surface area contributed by atoms with Crippen molar-refractivity contribution >= 4 is 41.5 Å². The Morgan fingerprint density at radius 2 is 1.11 bits per heavy atom. The van der Waals surface area contributed by atoms with E-state index in [4.69, 9.17) is 27.4 Å². The van der Waals surface area contributed by atoms with Crippen molar-refractivity contribution in [1.82, 2.24) is 16.0 Å². The summed E-state index contributed by atoms with van der Waals surface area (Å²) in [7, 11) is 0. The Morgan fingerprint density at radius 1 is 0.667 bits per heavy atom. The summed E-state index contributed by atoms with van der Waals surface area (Å²) < 4.78 is 0. The molecule has 0 fully saturated rings. The molecule has 0 bridgehead atoms. The highest BCUT2D eigenvalue weighted by Gasteiger charge is 2.31. The number of carboxylic acid groups (broad SMARTS) is 3. The number of carboxylic acids is 3. The zero-order valence-corrected chi connectivity index (χ0v) is 19.6. The number of hydrogen-bond acceptors (Lipinski definition) is 9. The Kier molecular flexibility index (Phi) is 15.0. The van der Waals surface area contributed by atoms with Crippen molar-refractivity contribution in [3.8, 4) is 0 Å². The molecular weight excluding hydrogens is 484 g/mol. The van der Waals surface area contributed by atoms with E-state index >= 15 is 0 Å². The van der Waals surface area contributed by atoms with Gasteiger partial charge in [-0.3, -0.25) is 28.8 Å². The summed E-state index contributed by atoms with van der Waals surface area (Å²) in [5.41, 5.74) is 15.9. The molecule has 0 aromatic rings. The van der Waals surface area contributed by atoms with Gasteiger partial charge in [-0.2, -0.15) is 0 Å². The number of unbranched alkanes of at least 4 members (excludes halogenated alkanes) is 1. The van der Waals surface area contributed by atoms with Crippen LogP contribution >= 0.6 is 0 Å². The third-order valence-electron chi connectivity index (χ3n) is 4.88. The van der Waals surface area contributed by atoms with Crippen LogP contribution in [0.3, 0.4) is 0 Å². The molecule has 0 saturated heterocycles. The van der Waals surface area contributed by atoms with Crippen LogP contribution in [0, 0.1) is 0 Å². The lowest BCUT2D eigenvalue weighted by molar-refractivity contribution is -0.143. The number of nitrogens with one attached hydrogen (secondary N) is 3. The predicted octanol–water partition coefficient (Wildman–Crippen LogP) is -3.41. The fraction of sp³-hybridized carbons (Fsp3) is 0.650. The summed E-state index contributed by atoms with van der Waals surface area (Å²) in [5.74, 6) is -7.86.